The lowest BCUT2D eigenvalue weighted by atomic mass is 9.86. The van der Waals surface area contributed by atoms with Gasteiger partial charge in [0.1, 0.15) is 76.2 Å². The number of oxazole rings is 1. The first-order valence-corrected chi connectivity index (χ1v) is 43.7. The van der Waals surface area contributed by atoms with E-state index in [1.807, 2.05) is 201 Å². The zero-order valence-corrected chi connectivity index (χ0v) is 73.8. The van der Waals surface area contributed by atoms with Gasteiger partial charge in [-0.15, -0.1) is 0 Å². The van der Waals surface area contributed by atoms with Crippen molar-refractivity contribution in [2.24, 2.45) is 5.41 Å². The van der Waals surface area contributed by atoms with Crippen molar-refractivity contribution in [1.82, 2.24) is 9.97 Å². The number of hydrogen-bond acceptors (Lipinski definition) is 22. The fraction of sp³-hybridized carbons (Fsp3) is 0.410. The first-order chi connectivity index (χ1) is 59.7. The SMILES string of the molecule is C.CCOc1ccc(N2CC(Oc3ccc([C@H](C)CC(=O)C4(C(C)(F)F)CC4)cc3)C2)cc1.CCOc1ccc(N2CC(Oc3ccc([C@H](C)CC(=O)OC)cc3)C2)cc1.CCOc1ccc(N2CC(Oc3ccc([C@H](C)CC(=O)c4cnco4)cc3)C2)cc1.CCOc1ccc(N2CC(Oc3ccc([C@H](C)CC(=O)c4sc(NC(C)=O)nc4C)cc3)C2)cc1. The first-order valence-electron chi connectivity index (χ1n) is 42.9. The van der Waals surface area contributed by atoms with E-state index in [1.165, 1.54) is 55.0 Å². The Morgan fingerprint density at radius 1 is 0.464 bits per heavy atom. The van der Waals surface area contributed by atoms with Crippen molar-refractivity contribution < 1.29 is 79.8 Å². The molecule has 6 heterocycles. The average Bonchev–Trinajstić information content (AvgIpc) is 1.58. The van der Waals surface area contributed by atoms with Gasteiger partial charge in [0.25, 0.3) is 5.92 Å². The summed E-state index contributed by atoms with van der Waals surface area (Å²) in [7, 11) is 1.42. The molecule has 4 aliphatic heterocycles. The number of halogens is 2. The van der Waals surface area contributed by atoms with Crippen LogP contribution in [0.1, 0.15) is 187 Å². The van der Waals surface area contributed by atoms with E-state index < -0.39 is 11.3 Å². The number of aromatic nitrogens is 2. The molecular weight excluding hydrogens is 1610 g/mol. The predicted molar refractivity (Wildman–Crippen MR) is 487 cm³/mol. The van der Waals surface area contributed by atoms with Crippen molar-refractivity contribution in [3.8, 4) is 46.0 Å². The smallest absolute Gasteiger partial charge is 0.306 e. The molecule has 664 valence electrons. The Balaban J connectivity index is 0.000000162. The van der Waals surface area contributed by atoms with E-state index in [9.17, 15) is 32.8 Å². The number of ether oxygens (including phenoxy) is 9. The lowest BCUT2D eigenvalue weighted by Crippen LogP contribution is -2.54. The molecule has 0 unspecified atom stereocenters. The third kappa shape index (κ3) is 25.8. The van der Waals surface area contributed by atoms with Gasteiger partial charge in [0.2, 0.25) is 5.91 Å². The van der Waals surface area contributed by atoms with E-state index in [2.05, 4.69) is 83.4 Å². The van der Waals surface area contributed by atoms with Gasteiger partial charge in [0, 0.05) is 55.9 Å². The van der Waals surface area contributed by atoms with Gasteiger partial charge in [-0.2, -0.15) is 0 Å². The van der Waals surface area contributed by atoms with Crippen LogP contribution in [0.15, 0.2) is 211 Å². The van der Waals surface area contributed by atoms with E-state index in [1.54, 1.807) is 6.92 Å². The largest absolute Gasteiger partial charge is 0.494 e. The second kappa shape index (κ2) is 44.1. The molecule has 0 radical (unpaired) electrons. The standard InChI is InChI=1S/C27H31N3O4S.C26H31F2NO3.C24H26N2O4.C22H27NO4.CH4/c1-5-33-22-12-8-21(9-13-22)30-15-24(16-30)34-23-10-6-20(7-11-23)17(2)14-25(32)26-18(3)28-27(35-26)29-19(4)31;1-4-31-21-11-7-20(8-12-21)29-16-23(17-29)32-22-9-5-19(6-10-22)18(2)15-24(30)26(13-14-26)25(3,27)28;1-3-28-20-10-6-19(7-11-20)26-14-22(15-26)30-21-8-4-18(5-9-21)17(2)12-23(27)24-13-25-16-29-24;1-4-26-19-11-7-18(8-12-19)23-14-21(15-23)27-20-9-5-17(6-10-20)16(2)13-22(24)25-3;/h6-13,17,24H,5,14-16H2,1-4H3,(H,28,29,31);5-12,18,23H,4,13-17H2,1-3H3;4-11,13,16-17,22H,3,12,14-15H2,1-2H3;5-12,16,21H,4,13-15H2,1-3H3;1H4/t17-;18-;17-;16-;/m1111./s1. The summed E-state index contributed by atoms with van der Waals surface area (Å²) in [5, 5.41) is 3.11. The summed E-state index contributed by atoms with van der Waals surface area (Å²) in [5.74, 6) is 3.72. The number of amides is 1. The highest BCUT2D eigenvalue weighted by Crippen LogP contribution is 2.58. The molecule has 0 bridgehead atoms. The van der Waals surface area contributed by atoms with E-state index in [-0.39, 0.29) is 91.2 Å². The normalized spacial score (nSPS) is 15.5. The molecule has 1 N–H and O–H groups in total. The van der Waals surface area contributed by atoms with Gasteiger partial charge in [0.05, 0.1) is 114 Å². The molecule has 2 aromatic heterocycles. The number of hydrogen-bond donors (Lipinski definition) is 1. The van der Waals surface area contributed by atoms with Crippen molar-refractivity contribution in [1.29, 1.82) is 0 Å². The van der Waals surface area contributed by atoms with Crippen molar-refractivity contribution in [2.75, 3.05) is 111 Å². The number of benzene rings is 8. The zero-order valence-electron chi connectivity index (χ0n) is 72.9. The van der Waals surface area contributed by atoms with Crippen LogP contribution >= 0.6 is 11.3 Å². The van der Waals surface area contributed by atoms with Crippen molar-refractivity contribution >= 4 is 68.4 Å². The van der Waals surface area contributed by atoms with Crippen molar-refractivity contribution in [3.05, 3.63) is 245 Å². The van der Waals surface area contributed by atoms with Gasteiger partial charge in [-0.25, -0.2) is 18.7 Å². The van der Waals surface area contributed by atoms with Gasteiger partial charge in [-0.3, -0.25) is 24.0 Å². The van der Waals surface area contributed by atoms with Gasteiger partial charge >= 0.3 is 5.97 Å². The second-order valence-corrected chi connectivity index (χ2v) is 33.3. The molecule has 25 heteroatoms. The molecule has 4 saturated heterocycles. The van der Waals surface area contributed by atoms with Gasteiger partial charge < -0.3 is 72.0 Å². The van der Waals surface area contributed by atoms with Crippen LogP contribution in [-0.2, 0) is 19.1 Å². The maximum Gasteiger partial charge on any atom is 0.306 e. The molecule has 22 nitrogen and oxygen atoms in total. The summed E-state index contributed by atoms with van der Waals surface area (Å²) in [6.45, 7) is 29.5. The third-order valence-corrected chi connectivity index (χ3v) is 23.9. The quantitative estimate of drug-likeness (QED) is 0.0282. The summed E-state index contributed by atoms with van der Waals surface area (Å²) in [6.07, 6.45) is 5.25. The molecule has 1 amide bonds. The number of carbonyl (C=O) groups is 5. The maximum absolute atomic E-state index is 13.8. The highest BCUT2D eigenvalue weighted by molar-refractivity contribution is 7.17. The summed E-state index contributed by atoms with van der Waals surface area (Å²) < 4.78 is 83.7. The number of esters is 1. The van der Waals surface area contributed by atoms with E-state index >= 15 is 0 Å². The number of Topliss-reactive ketones (excluding diaryl/α,β-unsaturated/α-hetero) is 3. The summed E-state index contributed by atoms with van der Waals surface area (Å²) in [6, 6.07) is 64.2. The van der Waals surface area contributed by atoms with Gasteiger partial charge in [0.15, 0.2) is 28.9 Å². The minimum Gasteiger partial charge on any atom is -0.494 e. The topological polar surface area (TPSA) is 232 Å². The van der Waals surface area contributed by atoms with E-state index in [0.717, 1.165) is 133 Å². The molecule has 5 aliphatic rings. The zero-order chi connectivity index (χ0) is 88.0. The highest BCUT2D eigenvalue weighted by Gasteiger charge is 2.63. The molecular formula is C100H119F2N7O15S. The van der Waals surface area contributed by atoms with E-state index in [0.29, 0.717) is 80.0 Å². The van der Waals surface area contributed by atoms with Crippen molar-refractivity contribution in [2.45, 2.75) is 176 Å². The monoisotopic (exact) mass is 1730 g/mol. The molecule has 8 aromatic carbocycles. The summed E-state index contributed by atoms with van der Waals surface area (Å²) >= 11 is 1.23. The molecule has 1 saturated carbocycles. The van der Waals surface area contributed by atoms with Crippen LogP contribution in [0.2, 0.25) is 0 Å². The number of alkyl halides is 2. The number of rotatable bonds is 37. The molecule has 0 spiro atoms. The number of anilines is 5. The van der Waals surface area contributed by atoms with Crippen LogP contribution in [0.25, 0.3) is 0 Å². The van der Waals surface area contributed by atoms with Crippen LogP contribution < -0.4 is 62.8 Å². The number of methoxy groups -OCH3 is 1. The average molecular weight is 1730 g/mol. The molecule has 4 atom stereocenters. The Morgan fingerprint density at radius 3 is 1.03 bits per heavy atom. The number of ketones is 3. The van der Waals surface area contributed by atoms with Crippen molar-refractivity contribution in [3.63, 3.8) is 0 Å². The van der Waals surface area contributed by atoms with Gasteiger partial charge in [-0.1, -0.05) is 95.0 Å². The predicted octanol–water partition coefficient (Wildman–Crippen LogP) is 20.7. The Hall–Kier alpha value is -12.0. The molecule has 125 heavy (non-hydrogen) atoms. The molecule has 1 aliphatic carbocycles. The number of aryl methyl sites for hydroxylation is 1. The lowest BCUT2D eigenvalue weighted by molar-refractivity contribution is -0.141. The Labute approximate surface area is 737 Å². The summed E-state index contributed by atoms with van der Waals surface area (Å²) in [5.41, 5.74) is 8.16. The number of thiazole rings is 1. The third-order valence-electron chi connectivity index (χ3n) is 22.8. The Morgan fingerprint density at radius 2 is 0.760 bits per heavy atom. The van der Waals surface area contributed by atoms with Crippen LogP contribution in [0, 0.1) is 12.3 Å². The summed E-state index contributed by atoms with van der Waals surface area (Å²) in [4.78, 5) is 77.9. The molecule has 15 rings (SSSR count). The lowest BCUT2D eigenvalue weighted by Gasteiger charge is -2.40. The second-order valence-electron chi connectivity index (χ2n) is 32.3. The molecule has 5 fully saturated rings. The minimum atomic E-state index is -2.94. The number of nitrogens with one attached hydrogen (secondary N) is 1. The fourth-order valence-electron chi connectivity index (χ4n) is 15.2. The first kappa shape index (κ1) is 93.7. The van der Waals surface area contributed by atoms with Crippen LogP contribution in [0.5, 0.6) is 46.0 Å². The van der Waals surface area contributed by atoms with Crippen LogP contribution in [0.4, 0.5) is 36.7 Å². The Kier molecular flexibility index (Phi) is 33.0. The van der Waals surface area contributed by atoms with Crippen LogP contribution in [0.3, 0.4) is 0 Å². The van der Waals surface area contributed by atoms with Crippen LogP contribution in [-0.4, -0.2) is 155 Å². The highest BCUT2D eigenvalue weighted by atomic mass is 32.1. The maximum atomic E-state index is 13.8. The number of nitrogens with zero attached hydrogens (tertiary/aromatic N) is 6. The molecule has 10 aromatic rings. The van der Waals surface area contributed by atoms with Gasteiger partial charge in [-0.05, 0) is 239 Å². The van der Waals surface area contributed by atoms with E-state index in [4.69, 9.17) is 47.0 Å². The Bertz CT molecular complexity index is 5050. The fourth-order valence-corrected chi connectivity index (χ4v) is 16.1. The minimum absolute atomic E-state index is 0. The number of carbonyl (C=O) groups excluding carboxylic acids is 5.